The van der Waals surface area contributed by atoms with Crippen molar-refractivity contribution in [3.8, 4) is 0 Å². The molecule has 1 atom stereocenters. The van der Waals surface area contributed by atoms with Gasteiger partial charge in [-0.05, 0) is 50.3 Å². The lowest BCUT2D eigenvalue weighted by Gasteiger charge is -2.38. The Morgan fingerprint density at radius 2 is 1.67 bits per heavy atom. The molecule has 3 heteroatoms. The van der Waals surface area contributed by atoms with E-state index < -0.39 is 0 Å². The first-order valence-corrected chi connectivity index (χ1v) is 10.3. The van der Waals surface area contributed by atoms with Crippen molar-refractivity contribution in [2.24, 2.45) is 0 Å². The molecule has 2 aromatic rings. The summed E-state index contributed by atoms with van der Waals surface area (Å²) in [6.45, 7) is 2.75. The van der Waals surface area contributed by atoms with E-state index in [1.165, 1.54) is 17.5 Å². The van der Waals surface area contributed by atoms with E-state index in [1.54, 1.807) is 0 Å². The molecule has 144 valence electrons. The van der Waals surface area contributed by atoms with Gasteiger partial charge >= 0.3 is 0 Å². The third-order valence-electron chi connectivity index (χ3n) is 5.60. The maximum absolute atomic E-state index is 12.6. The highest BCUT2D eigenvalue weighted by Gasteiger charge is 2.25. The van der Waals surface area contributed by atoms with Crippen LogP contribution in [0.3, 0.4) is 0 Å². The highest BCUT2D eigenvalue weighted by Crippen LogP contribution is 2.18. The summed E-state index contributed by atoms with van der Waals surface area (Å²) in [4.78, 5) is 17.1. The van der Waals surface area contributed by atoms with E-state index in [9.17, 15) is 4.79 Å². The summed E-state index contributed by atoms with van der Waals surface area (Å²) in [6, 6.07) is 21.6. The molecule has 1 aliphatic rings. The van der Waals surface area contributed by atoms with Crippen LogP contribution >= 0.6 is 0 Å². The van der Waals surface area contributed by atoms with Crippen molar-refractivity contribution in [1.82, 2.24) is 9.80 Å². The van der Waals surface area contributed by atoms with E-state index in [2.05, 4.69) is 77.5 Å². The predicted octanol–water partition coefficient (Wildman–Crippen LogP) is 4.52. The van der Waals surface area contributed by atoms with Gasteiger partial charge in [0.05, 0.1) is 0 Å². The Morgan fingerprint density at radius 3 is 2.37 bits per heavy atom. The van der Waals surface area contributed by atoms with Gasteiger partial charge < -0.3 is 4.90 Å². The number of carbonyl (C=O) groups excluding carboxylic acids is 1. The molecule has 0 N–H and O–H groups in total. The van der Waals surface area contributed by atoms with Crippen molar-refractivity contribution in [2.45, 2.75) is 51.1 Å². The van der Waals surface area contributed by atoms with Gasteiger partial charge in [0.15, 0.2) is 0 Å². The van der Waals surface area contributed by atoms with Gasteiger partial charge in [0.2, 0.25) is 5.91 Å². The van der Waals surface area contributed by atoms with Crippen molar-refractivity contribution < 1.29 is 4.79 Å². The van der Waals surface area contributed by atoms with Crippen LogP contribution in [0.1, 0.15) is 43.2 Å². The quantitative estimate of drug-likeness (QED) is 0.643. The molecule has 0 bridgehead atoms. The van der Waals surface area contributed by atoms with Crippen LogP contribution in [0, 0.1) is 0 Å². The summed E-state index contributed by atoms with van der Waals surface area (Å²) >= 11 is 0. The Morgan fingerprint density at radius 1 is 1.00 bits per heavy atom. The van der Waals surface area contributed by atoms with Gasteiger partial charge in [0, 0.05) is 32.1 Å². The number of likely N-dealkylation sites (tertiary alicyclic amines) is 1. The number of carbonyl (C=O) groups is 1. The first-order valence-electron chi connectivity index (χ1n) is 10.3. The van der Waals surface area contributed by atoms with Gasteiger partial charge in [-0.3, -0.25) is 9.69 Å². The van der Waals surface area contributed by atoms with E-state index in [1.807, 2.05) is 0 Å². The number of unbranched alkanes of at least 4 members (excludes halogenated alkanes) is 1. The van der Waals surface area contributed by atoms with E-state index >= 15 is 0 Å². The Balaban J connectivity index is 1.41. The molecule has 0 aliphatic carbocycles. The number of piperidine rings is 1. The highest BCUT2D eigenvalue weighted by molar-refractivity contribution is 5.76. The number of aryl methyl sites for hydroxylation is 1. The molecule has 1 unspecified atom stereocenters. The minimum atomic E-state index is 0.334. The number of hydrogen-bond donors (Lipinski definition) is 0. The fourth-order valence-electron chi connectivity index (χ4n) is 3.95. The Bertz CT molecular complexity index is 686. The second-order valence-electron chi connectivity index (χ2n) is 7.73. The van der Waals surface area contributed by atoms with Gasteiger partial charge in [-0.25, -0.2) is 0 Å². The van der Waals surface area contributed by atoms with Crippen LogP contribution in [-0.4, -0.2) is 41.9 Å². The molecular formula is C24H32N2O. The largest absolute Gasteiger partial charge is 0.341 e. The Kier molecular flexibility index (Phi) is 7.46. The lowest BCUT2D eigenvalue weighted by molar-refractivity contribution is -0.133. The third kappa shape index (κ3) is 6.21. The number of amides is 1. The predicted molar refractivity (Wildman–Crippen MR) is 112 cm³/mol. The lowest BCUT2D eigenvalue weighted by Crippen LogP contribution is -2.48. The van der Waals surface area contributed by atoms with Crippen molar-refractivity contribution in [3.63, 3.8) is 0 Å². The average Bonchev–Trinajstić information content (AvgIpc) is 2.72. The smallest absolute Gasteiger partial charge is 0.222 e. The molecule has 1 amide bonds. The van der Waals surface area contributed by atoms with Crippen molar-refractivity contribution in [3.05, 3.63) is 71.8 Å². The molecule has 3 rings (SSSR count). The van der Waals surface area contributed by atoms with Gasteiger partial charge in [-0.1, -0.05) is 60.7 Å². The fourth-order valence-corrected chi connectivity index (χ4v) is 3.95. The van der Waals surface area contributed by atoms with Crippen LogP contribution in [-0.2, 0) is 17.8 Å². The second-order valence-corrected chi connectivity index (χ2v) is 7.73. The van der Waals surface area contributed by atoms with Gasteiger partial charge in [0.1, 0.15) is 0 Å². The zero-order valence-corrected chi connectivity index (χ0v) is 16.5. The van der Waals surface area contributed by atoms with Crippen molar-refractivity contribution >= 4 is 5.91 Å². The summed E-state index contributed by atoms with van der Waals surface area (Å²) in [5.41, 5.74) is 2.70. The maximum atomic E-state index is 12.6. The fraction of sp³-hybridized carbons (Fsp3) is 0.458. The first-order chi connectivity index (χ1) is 13.2. The molecular weight excluding hydrogens is 332 g/mol. The van der Waals surface area contributed by atoms with E-state index in [0.29, 0.717) is 18.4 Å². The molecule has 0 radical (unpaired) electrons. The minimum absolute atomic E-state index is 0.334. The molecule has 27 heavy (non-hydrogen) atoms. The molecule has 2 aromatic carbocycles. The highest BCUT2D eigenvalue weighted by atomic mass is 16.2. The van der Waals surface area contributed by atoms with E-state index in [0.717, 1.165) is 45.3 Å². The third-order valence-corrected chi connectivity index (χ3v) is 5.60. The SMILES string of the molecule is CN(Cc1ccccc1)C1CCCN(C(=O)CCCCc2ccccc2)C1. The minimum Gasteiger partial charge on any atom is -0.341 e. The van der Waals surface area contributed by atoms with Gasteiger partial charge in [0.25, 0.3) is 0 Å². The molecule has 1 saturated heterocycles. The van der Waals surface area contributed by atoms with Crippen LogP contribution < -0.4 is 0 Å². The van der Waals surface area contributed by atoms with E-state index in [4.69, 9.17) is 0 Å². The Hall–Kier alpha value is -2.13. The summed E-state index contributed by atoms with van der Waals surface area (Å²) < 4.78 is 0. The number of likely N-dealkylation sites (N-methyl/N-ethyl adjacent to an activating group) is 1. The lowest BCUT2D eigenvalue weighted by atomic mass is 10.0. The zero-order valence-electron chi connectivity index (χ0n) is 16.5. The summed E-state index contributed by atoms with van der Waals surface area (Å²) in [6.07, 6.45) is 6.11. The van der Waals surface area contributed by atoms with Crippen LogP contribution in [0.25, 0.3) is 0 Å². The molecule has 3 nitrogen and oxygen atoms in total. The maximum Gasteiger partial charge on any atom is 0.222 e. The second kappa shape index (κ2) is 10.3. The molecule has 0 aromatic heterocycles. The van der Waals surface area contributed by atoms with Crippen LogP contribution in [0.2, 0.25) is 0 Å². The van der Waals surface area contributed by atoms with Gasteiger partial charge in [-0.2, -0.15) is 0 Å². The number of hydrogen-bond acceptors (Lipinski definition) is 2. The first kappa shape index (κ1) is 19.6. The molecule has 1 heterocycles. The van der Waals surface area contributed by atoms with E-state index in [-0.39, 0.29) is 0 Å². The average molecular weight is 365 g/mol. The summed E-state index contributed by atoms with van der Waals surface area (Å²) in [7, 11) is 2.19. The molecule has 1 fully saturated rings. The number of nitrogens with zero attached hydrogens (tertiary/aromatic N) is 2. The summed E-state index contributed by atoms with van der Waals surface area (Å²) in [5.74, 6) is 0.334. The van der Waals surface area contributed by atoms with Gasteiger partial charge in [-0.15, -0.1) is 0 Å². The Labute approximate surface area is 164 Å². The normalized spacial score (nSPS) is 17.3. The standard InChI is InChI=1S/C24H32N2O/c1-25(19-22-14-6-3-7-15-22)23-16-10-18-26(20-23)24(27)17-9-8-13-21-11-4-2-5-12-21/h2-7,11-12,14-15,23H,8-10,13,16-20H2,1H3. The molecule has 0 spiro atoms. The molecule has 1 aliphatic heterocycles. The summed E-state index contributed by atoms with van der Waals surface area (Å²) in [5, 5.41) is 0. The number of rotatable bonds is 8. The van der Waals surface area contributed by atoms with Crippen LogP contribution in [0.4, 0.5) is 0 Å². The zero-order chi connectivity index (χ0) is 18.9. The monoisotopic (exact) mass is 364 g/mol. The van der Waals surface area contributed by atoms with Crippen molar-refractivity contribution in [2.75, 3.05) is 20.1 Å². The molecule has 0 saturated carbocycles. The number of benzene rings is 2. The van der Waals surface area contributed by atoms with Crippen molar-refractivity contribution in [1.29, 1.82) is 0 Å². The van der Waals surface area contributed by atoms with Crippen LogP contribution in [0.5, 0.6) is 0 Å². The van der Waals surface area contributed by atoms with Crippen LogP contribution in [0.15, 0.2) is 60.7 Å². The topological polar surface area (TPSA) is 23.6 Å².